The largest absolute Gasteiger partial charge is 0.465 e. The summed E-state index contributed by atoms with van der Waals surface area (Å²) < 4.78 is 14.7. The Balaban J connectivity index is 1.90. The fourth-order valence-corrected chi connectivity index (χ4v) is 4.65. The summed E-state index contributed by atoms with van der Waals surface area (Å²) in [6.45, 7) is 12.0. The third kappa shape index (κ3) is 5.80. The molecular formula is C29H39N5O3. The molecule has 2 aromatic carbocycles. The van der Waals surface area contributed by atoms with Crippen molar-refractivity contribution in [2.24, 2.45) is 11.8 Å². The maximum atomic E-state index is 12.2. The van der Waals surface area contributed by atoms with Crippen LogP contribution >= 0.6 is 0 Å². The number of esters is 1. The van der Waals surface area contributed by atoms with Crippen molar-refractivity contribution in [2.75, 3.05) is 32.7 Å². The topological polar surface area (TPSA) is 83.2 Å². The number of nitrogens with one attached hydrogen (secondary N) is 1. The van der Waals surface area contributed by atoms with Crippen LogP contribution in [0.1, 0.15) is 50.9 Å². The fourth-order valence-electron chi connectivity index (χ4n) is 4.65. The average Bonchev–Trinajstić information content (AvgIpc) is 3.41. The Labute approximate surface area is 219 Å². The van der Waals surface area contributed by atoms with Crippen LogP contribution in [0.3, 0.4) is 0 Å². The molecule has 2 heterocycles. The number of fused-ring (bicyclic) bond motifs is 2. The quantitative estimate of drug-likeness (QED) is 0.188. The number of aromatic nitrogens is 4. The van der Waals surface area contributed by atoms with Crippen LogP contribution in [0.5, 0.6) is 0 Å². The SMILES string of the molecule is COCCCNc1nc2cccc(-c3nc4cc(C(=O)OC)ccc4n3CCC(C)C)c2n1CC(C)C. The van der Waals surface area contributed by atoms with Gasteiger partial charge in [0.25, 0.3) is 0 Å². The standard InChI is InChI=1S/C29H39N5O3/c1-19(2)13-15-33-25-12-11-21(28(35)37-6)17-24(25)31-27(33)22-9-7-10-23-26(22)34(18-20(3)4)29(32-23)30-14-8-16-36-5/h7,9-12,17,19-20H,8,13-16,18H2,1-6H3,(H,30,32). The van der Waals surface area contributed by atoms with Gasteiger partial charge in [-0.15, -0.1) is 0 Å². The predicted molar refractivity (Wildman–Crippen MR) is 149 cm³/mol. The highest BCUT2D eigenvalue weighted by atomic mass is 16.5. The second kappa shape index (κ2) is 11.8. The monoisotopic (exact) mass is 505 g/mol. The molecule has 2 aromatic heterocycles. The Morgan fingerprint density at radius 2 is 1.81 bits per heavy atom. The first-order chi connectivity index (χ1) is 17.8. The third-order valence-electron chi connectivity index (χ3n) is 6.46. The van der Waals surface area contributed by atoms with E-state index in [2.05, 4.69) is 54.3 Å². The van der Waals surface area contributed by atoms with E-state index < -0.39 is 0 Å². The van der Waals surface area contributed by atoms with Gasteiger partial charge >= 0.3 is 5.97 Å². The number of hydrogen-bond donors (Lipinski definition) is 1. The zero-order valence-electron chi connectivity index (χ0n) is 22.9. The van der Waals surface area contributed by atoms with Gasteiger partial charge in [-0.05, 0) is 55.0 Å². The van der Waals surface area contributed by atoms with Gasteiger partial charge in [-0.2, -0.15) is 0 Å². The molecule has 0 atom stereocenters. The number of para-hydroxylation sites is 1. The summed E-state index contributed by atoms with van der Waals surface area (Å²) in [7, 11) is 3.12. The van der Waals surface area contributed by atoms with Gasteiger partial charge in [0.05, 0.1) is 34.7 Å². The molecule has 198 valence electrons. The normalized spacial score (nSPS) is 11.8. The van der Waals surface area contributed by atoms with Crippen LogP contribution in [0.4, 0.5) is 5.95 Å². The number of aryl methyl sites for hydroxylation is 1. The first-order valence-corrected chi connectivity index (χ1v) is 13.1. The van der Waals surface area contributed by atoms with E-state index in [1.165, 1.54) is 7.11 Å². The molecule has 0 saturated carbocycles. The molecule has 8 nitrogen and oxygen atoms in total. The van der Waals surface area contributed by atoms with Crippen molar-refractivity contribution in [1.82, 2.24) is 19.1 Å². The van der Waals surface area contributed by atoms with Crippen molar-refractivity contribution >= 4 is 34.0 Å². The second-order valence-corrected chi connectivity index (χ2v) is 10.4. The van der Waals surface area contributed by atoms with Crippen molar-refractivity contribution in [3.05, 3.63) is 42.0 Å². The fraction of sp³-hybridized carbons (Fsp3) is 0.483. The van der Waals surface area contributed by atoms with Crippen LogP contribution in [-0.2, 0) is 22.6 Å². The van der Waals surface area contributed by atoms with Crippen LogP contribution in [0.15, 0.2) is 36.4 Å². The number of rotatable bonds is 12. The number of carbonyl (C=O) groups excluding carboxylic acids is 1. The van der Waals surface area contributed by atoms with Crippen LogP contribution < -0.4 is 5.32 Å². The summed E-state index contributed by atoms with van der Waals surface area (Å²) in [5.74, 6) is 2.38. The van der Waals surface area contributed by atoms with E-state index in [1.54, 1.807) is 7.11 Å². The Morgan fingerprint density at radius 1 is 1.00 bits per heavy atom. The third-order valence-corrected chi connectivity index (χ3v) is 6.46. The van der Waals surface area contributed by atoms with Crippen molar-refractivity contribution < 1.29 is 14.3 Å². The Kier molecular flexibility index (Phi) is 8.48. The molecule has 0 bridgehead atoms. The maximum absolute atomic E-state index is 12.2. The van der Waals surface area contributed by atoms with Crippen LogP contribution in [0.2, 0.25) is 0 Å². The number of nitrogens with zero attached hydrogens (tertiary/aromatic N) is 4. The minimum Gasteiger partial charge on any atom is -0.465 e. The Hall–Kier alpha value is -3.39. The lowest BCUT2D eigenvalue weighted by Crippen LogP contribution is -2.13. The minimum absolute atomic E-state index is 0.360. The summed E-state index contributed by atoms with van der Waals surface area (Å²) in [6, 6.07) is 11.9. The molecule has 0 aliphatic rings. The number of benzene rings is 2. The highest BCUT2D eigenvalue weighted by molar-refractivity contribution is 5.97. The van der Waals surface area contributed by atoms with E-state index in [-0.39, 0.29) is 5.97 Å². The lowest BCUT2D eigenvalue weighted by Gasteiger charge is -2.16. The summed E-state index contributed by atoms with van der Waals surface area (Å²) >= 11 is 0. The highest BCUT2D eigenvalue weighted by Crippen LogP contribution is 2.34. The van der Waals surface area contributed by atoms with E-state index >= 15 is 0 Å². The van der Waals surface area contributed by atoms with Gasteiger partial charge in [-0.1, -0.05) is 33.8 Å². The molecule has 0 spiro atoms. The molecule has 0 aliphatic carbocycles. The molecule has 0 unspecified atom stereocenters. The average molecular weight is 506 g/mol. The lowest BCUT2D eigenvalue weighted by atomic mass is 10.1. The lowest BCUT2D eigenvalue weighted by molar-refractivity contribution is 0.0601. The molecular weight excluding hydrogens is 466 g/mol. The van der Waals surface area contributed by atoms with Gasteiger partial charge in [-0.3, -0.25) is 0 Å². The molecule has 1 N–H and O–H groups in total. The molecule has 0 amide bonds. The molecule has 0 fully saturated rings. The predicted octanol–water partition coefficient (Wildman–Crippen LogP) is 5.99. The van der Waals surface area contributed by atoms with Crippen molar-refractivity contribution in [3.8, 4) is 11.4 Å². The zero-order chi connectivity index (χ0) is 26.5. The van der Waals surface area contributed by atoms with E-state index in [0.717, 1.165) is 71.9 Å². The maximum Gasteiger partial charge on any atom is 0.337 e. The summed E-state index contributed by atoms with van der Waals surface area (Å²) in [6.07, 6.45) is 1.92. The van der Waals surface area contributed by atoms with Crippen LogP contribution in [0.25, 0.3) is 33.5 Å². The molecule has 4 aromatic rings. The van der Waals surface area contributed by atoms with E-state index in [4.69, 9.17) is 19.4 Å². The number of methoxy groups -OCH3 is 2. The highest BCUT2D eigenvalue weighted by Gasteiger charge is 2.21. The molecule has 8 heteroatoms. The molecule has 0 saturated heterocycles. The summed E-state index contributed by atoms with van der Waals surface area (Å²) in [5.41, 5.74) is 5.33. The second-order valence-electron chi connectivity index (χ2n) is 10.4. The van der Waals surface area contributed by atoms with Gasteiger partial charge in [0.15, 0.2) is 0 Å². The summed E-state index contributed by atoms with van der Waals surface area (Å²) in [5, 5.41) is 3.52. The minimum atomic E-state index is -0.360. The number of hydrogen-bond acceptors (Lipinski definition) is 6. The van der Waals surface area contributed by atoms with Gasteiger partial charge in [0, 0.05) is 38.9 Å². The molecule has 0 aliphatic heterocycles. The molecule has 4 rings (SSSR count). The first kappa shape index (κ1) is 26.7. The van der Waals surface area contributed by atoms with Gasteiger partial charge in [0.1, 0.15) is 5.82 Å². The van der Waals surface area contributed by atoms with Crippen molar-refractivity contribution in [2.45, 2.75) is 53.6 Å². The van der Waals surface area contributed by atoms with E-state index in [0.29, 0.717) is 24.0 Å². The van der Waals surface area contributed by atoms with Crippen molar-refractivity contribution in [3.63, 3.8) is 0 Å². The van der Waals surface area contributed by atoms with E-state index in [1.807, 2.05) is 24.3 Å². The summed E-state index contributed by atoms with van der Waals surface area (Å²) in [4.78, 5) is 22.3. The first-order valence-electron chi connectivity index (χ1n) is 13.1. The smallest absolute Gasteiger partial charge is 0.337 e. The number of anilines is 1. The molecule has 37 heavy (non-hydrogen) atoms. The number of ether oxygens (including phenoxy) is 2. The molecule has 0 radical (unpaired) electrons. The van der Waals surface area contributed by atoms with Crippen molar-refractivity contribution in [1.29, 1.82) is 0 Å². The van der Waals surface area contributed by atoms with Gasteiger partial charge < -0.3 is 23.9 Å². The van der Waals surface area contributed by atoms with Gasteiger partial charge in [-0.25, -0.2) is 14.8 Å². The van der Waals surface area contributed by atoms with E-state index in [9.17, 15) is 4.79 Å². The number of carbonyl (C=O) groups is 1. The van der Waals surface area contributed by atoms with Crippen LogP contribution in [-0.4, -0.2) is 52.4 Å². The van der Waals surface area contributed by atoms with Gasteiger partial charge in [0.2, 0.25) is 5.95 Å². The Bertz CT molecular complexity index is 1370. The zero-order valence-corrected chi connectivity index (χ0v) is 22.9. The van der Waals surface area contributed by atoms with Crippen LogP contribution in [0, 0.1) is 11.8 Å². The number of imidazole rings is 2. The Morgan fingerprint density at radius 3 is 2.51 bits per heavy atom.